The van der Waals surface area contributed by atoms with Gasteiger partial charge >= 0.3 is 0 Å². The monoisotopic (exact) mass is 359 g/mol. The molecule has 1 amide bonds. The van der Waals surface area contributed by atoms with Gasteiger partial charge in [-0.1, -0.05) is 0 Å². The molecule has 0 spiro atoms. The summed E-state index contributed by atoms with van der Waals surface area (Å²) in [5, 5.41) is 3.95. The Hall–Kier alpha value is -1.40. The van der Waals surface area contributed by atoms with Crippen LogP contribution in [0.25, 0.3) is 0 Å². The van der Waals surface area contributed by atoms with Crippen molar-refractivity contribution in [2.45, 2.75) is 82.6 Å². The molecular weight excluding hydrogens is 326 g/mol. The number of hydrogen-bond acceptors (Lipinski definition) is 4. The minimum Gasteiger partial charge on any atom is -0.336 e. The first-order valence-electron chi connectivity index (χ1n) is 10.3. The molecule has 2 aliphatic heterocycles. The van der Waals surface area contributed by atoms with Crippen LogP contribution in [-0.2, 0) is 11.8 Å². The first kappa shape index (κ1) is 18.0. The van der Waals surface area contributed by atoms with E-state index in [1.54, 1.807) is 0 Å². The summed E-state index contributed by atoms with van der Waals surface area (Å²) < 4.78 is 2.09. The topological polar surface area (TPSA) is 53.4 Å². The number of carbonyl (C=O) groups excluding carboxylic acids is 1. The predicted octanol–water partition coefficient (Wildman–Crippen LogP) is 2.08. The van der Waals surface area contributed by atoms with Crippen LogP contribution in [0.1, 0.15) is 64.1 Å². The van der Waals surface area contributed by atoms with Crippen molar-refractivity contribution in [1.82, 2.24) is 24.7 Å². The number of likely N-dealkylation sites (tertiary alicyclic amines) is 2. The molecule has 1 aliphatic carbocycles. The summed E-state index contributed by atoms with van der Waals surface area (Å²) >= 11 is 0. The number of rotatable bonds is 5. The molecule has 1 aromatic heterocycles. The van der Waals surface area contributed by atoms with Crippen molar-refractivity contribution < 1.29 is 4.79 Å². The highest BCUT2D eigenvalue weighted by molar-refractivity contribution is 5.78. The average Bonchev–Trinajstić information content (AvgIpc) is 3.37. The number of piperidine rings is 2. The number of imidazole rings is 1. The number of aromatic nitrogens is 2. The average molecular weight is 360 g/mol. The van der Waals surface area contributed by atoms with Crippen LogP contribution < -0.4 is 5.32 Å². The maximum atomic E-state index is 12.7. The Morgan fingerprint density at radius 3 is 2.46 bits per heavy atom. The summed E-state index contributed by atoms with van der Waals surface area (Å²) in [4.78, 5) is 21.8. The zero-order chi connectivity index (χ0) is 18.3. The first-order chi connectivity index (χ1) is 12.5. The van der Waals surface area contributed by atoms with Crippen molar-refractivity contribution in [3.8, 4) is 0 Å². The summed E-state index contributed by atoms with van der Waals surface area (Å²) in [6.45, 7) is 6.91. The normalized spacial score (nSPS) is 28.9. The Balaban J connectivity index is 1.50. The van der Waals surface area contributed by atoms with Crippen LogP contribution >= 0.6 is 0 Å². The van der Waals surface area contributed by atoms with Gasteiger partial charge in [-0.05, 0) is 59.0 Å². The van der Waals surface area contributed by atoms with Crippen molar-refractivity contribution >= 4 is 5.91 Å². The van der Waals surface area contributed by atoms with Crippen molar-refractivity contribution in [2.75, 3.05) is 13.1 Å². The molecular formula is C20H33N5O. The fourth-order valence-corrected chi connectivity index (χ4v) is 4.76. The highest BCUT2D eigenvalue weighted by Crippen LogP contribution is 2.40. The van der Waals surface area contributed by atoms with Crippen LogP contribution in [0.5, 0.6) is 0 Å². The van der Waals surface area contributed by atoms with Crippen molar-refractivity contribution in [1.29, 1.82) is 0 Å². The van der Waals surface area contributed by atoms with Gasteiger partial charge in [-0.3, -0.25) is 4.79 Å². The number of nitrogens with one attached hydrogen (secondary N) is 1. The van der Waals surface area contributed by atoms with E-state index in [0.717, 1.165) is 19.3 Å². The van der Waals surface area contributed by atoms with E-state index in [4.69, 9.17) is 0 Å². The van der Waals surface area contributed by atoms with E-state index in [1.807, 2.05) is 19.6 Å². The van der Waals surface area contributed by atoms with E-state index in [2.05, 4.69) is 38.5 Å². The molecule has 144 valence electrons. The van der Waals surface area contributed by atoms with E-state index in [-0.39, 0.29) is 6.04 Å². The molecule has 2 saturated heterocycles. The Morgan fingerprint density at radius 1 is 1.15 bits per heavy atom. The predicted molar refractivity (Wildman–Crippen MR) is 102 cm³/mol. The molecule has 0 radical (unpaired) electrons. The number of amides is 1. The maximum absolute atomic E-state index is 12.7. The SMILES string of the molecule is CC(C)N1CCC(N[C@@H]2CCC(=O)N(C3CC3)[C@H]2c2cncn2C)CC1. The third-order valence-electron chi connectivity index (χ3n) is 6.44. The molecule has 6 heteroatoms. The van der Waals surface area contributed by atoms with E-state index in [0.29, 0.717) is 36.5 Å². The molecule has 3 aliphatic rings. The fourth-order valence-electron chi connectivity index (χ4n) is 4.76. The minimum absolute atomic E-state index is 0.124. The highest BCUT2D eigenvalue weighted by Gasteiger charge is 2.45. The largest absolute Gasteiger partial charge is 0.336 e. The Morgan fingerprint density at radius 2 is 1.88 bits per heavy atom. The first-order valence-corrected chi connectivity index (χ1v) is 10.3. The van der Waals surface area contributed by atoms with Gasteiger partial charge in [0.1, 0.15) is 0 Å². The van der Waals surface area contributed by atoms with Crippen molar-refractivity contribution in [3.05, 3.63) is 18.2 Å². The molecule has 1 N–H and O–H groups in total. The molecule has 6 nitrogen and oxygen atoms in total. The quantitative estimate of drug-likeness (QED) is 0.875. The van der Waals surface area contributed by atoms with Crippen LogP contribution in [-0.4, -0.2) is 62.5 Å². The standard InChI is InChI=1S/C20H33N5O/c1-14(2)24-10-8-15(9-11-24)22-17-6-7-19(26)25(16-4-5-16)20(17)18-12-21-13-23(18)3/h12-17,20,22H,4-11H2,1-3H3/t17-,20-/m1/s1. The molecule has 1 aromatic rings. The number of carbonyl (C=O) groups is 1. The van der Waals surface area contributed by atoms with Crippen molar-refractivity contribution in [2.24, 2.45) is 7.05 Å². The second-order valence-electron chi connectivity index (χ2n) is 8.62. The van der Waals surface area contributed by atoms with Crippen LogP contribution in [0, 0.1) is 0 Å². The van der Waals surface area contributed by atoms with Gasteiger partial charge < -0.3 is 19.7 Å². The summed E-state index contributed by atoms with van der Waals surface area (Å²) in [6.07, 6.45) is 10.1. The van der Waals surface area contributed by atoms with Gasteiger partial charge in [-0.15, -0.1) is 0 Å². The fraction of sp³-hybridized carbons (Fsp3) is 0.800. The minimum atomic E-state index is 0.124. The van der Waals surface area contributed by atoms with Gasteiger partial charge in [0.25, 0.3) is 0 Å². The number of hydrogen-bond donors (Lipinski definition) is 1. The van der Waals surface area contributed by atoms with Gasteiger partial charge in [-0.2, -0.15) is 0 Å². The zero-order valence-corrected chi connectivity index (χ0v) is 16.4. The van der Waals surface area contributed by atoms with E-state index in [1.165, 1.54) is 31.6 Å². The van der Waals surface area contributed by atoms with Gasteiger partial charge in [0, 0.05) is 37.6 Å². The molecule has 3 heterocycles. The molecule has 4 rings (SSSR count). The van der Waals surface area contributed by atoms with E-state index < -0.39 is 0 Å². The van der Waals surface area contributed by atoms with Crippen LogP contribution in [0.4, 0.5) is 0 Å². The Labute approximate surface area is 156 Å². The zero-order valence-electron chi connectivity index (χ0n) is 16.4. The van der Waals surface area contributed by atoms with E-state index >= 15 is 0 Å². The highest BCUT2D eigenvalue weighted by atomic mass is 16.2. The van der Waals surface area contributed by atoms with Crippen LogP contribution in [0.3, 0.4) is 0 Å². The molecule has 2 atom stereocenters. The smallest absolute Gasteiger partial charge is 0.223 e. The molecule has 26 heavy (non-hydrogen) atoms. The third kappa shape index (κ3) is 3.54. The molecule has 0 unspecified atom stereocenters. The molecule has 1 saturated carbocycles. The second kappa shape index (κ2) is 7.31. The van der Waals surface area contributed by atoms with Gasteiger partial charge in [0.05, 0.1) is 24.3 Å². The summed E-state index contributed by atoms with van der Waals surface area (Å²) in [5.74, 6) is 0.325. The van der Waals surface area contributed by atoms with Gasteiger partial charge in [-0.25, -0.2) is 4.98 Å². The lowest BCUT2D eigenvalue weighted by atomic mass is 9.91. The van der Waals surface area contributed by atoms with E-state index in [9.17, 15) is 4.79 Å². The van der Waals surface area contributed by atoms with Gasteiger partial charge in [0.15, 0.2) is 0 Å². The molecule has 0 aromatic carbocycles. The van der Waals surface area contributed by atoms with Crippen LogP contribution in [0.15, 0.2) is 12.5 Å². The molecule has 0 bridgehead atoms. The summed E-state index contributed by atoms with van der Waals surface area (Å²) in [5.41, 5.74) is 1.17. The lowest BCUT2D eigenvalue weighted by Gasteiger charge is -2.44. The van der Waals surface area contributed by atoms with Gasteiger partial charge in [0.2, 0.25) is 5.91 Å². The number of aryl methyl sites for hydroxylation is 1. The molecule has 3 fully saturated rings. The summed E-state index contributed by atoms with van der Waals surface area (Å²) in [6, 6.07) is 2.09. The Bertz CT molecular complexity index is 630. The van der Waals surface area contributed by atoms with Crippen molar-refractivity contribution in [3.63, 3.8) is 0 Å². The van der Waals surface area contributed by atoms with Crippen LogP contribution in [0.2, 0.25) is 0 Å². The lowest BCUT2D eigenvalue weighted by molar-refractivity contribution is -0.139. The second-order valence-corrected chi connectivity index (χ2v) is 8.62. The number of nitrogens with zero attached hydrogens (tertiary/aromatic N) is 4. The summed E-state index contributed by atoms with van der Waals surface area (Å²) in [7, 11) is 2.05. The third-order valence-corrected chi connectivity index (χ3v) is 6.44. The maximum Gasteiger partial charge on any atom is 0.223 e. The lowest BCUT2D eigenvalue weighted by Crippen LogP contribution is -2.56. The Kier molecular flexibility index (Phi) is 5.06.